The van der Waals surface area contributed by atoms with E-state index in [1.807, 2.05) is 25.1 Å². The molecule has 5 heteroatoms. The fourth-order valence-corrected chi connectivity index (χ4v) is 1.58. The maximum Gasteiger partial charge on any atom is 0.334 e. The van der Waals surface area contributed by atoms with E-state index in [1.165, 1.54) is 7.11 Å². The lowest BCUT2D eigenvalue weighted by Gasteiger charge is -2.13. The SMILES string of the molecule is CCC(OCC(=O)Nc1cccc(C)c1)C(=O)OC. The molecule has 0 radical (unpaired) electrons. The minimum Gasteiger partial charge on any atom is -0.467 e. The Balaban J connectivity index is 2.45. The Bertz CT molecular complexity index is 445. The molecule has 0 bridgehead atoms. The molecule has 1 amide bonds. The number of aryl methyl sites for hydroxylation is 1. The third kappa shape index (κ3) is 5.09. The number of esters is 1. The summed E-state index contributed by atoms with van der Waals surface area (Å²) in [5.41, 5.74) is 1.76. The van der Waals surface area contributed by atoms with E-state index in [1.54, 1.807) is 13.0 Å². The first-order chi connectivity index (χ1) is 9.06. The summed E-state index contributed by atoms with van der Waals surface area (Å²) < 4.78 is 9.80. The normalized spacial score (nSPS) is 11.7. The van der Waals surface area contributed by atoms with Gasteiger partial charge in [0.25, 0.3) is 0 Å². The first kappa shape index (κ1) is 15.2. The van der Waals surface area contributed by atoms with Crippen LogP contribution in [-0.2, 0) is 19.1 Å². The number of benzene rings is 1. The predicted molar refractivity (Wildman–Crippen MR) is 71.9 cm³/mol. The molecule has 0 aromatic heterocycles. The number of hydrogen-bond donors (Lipinski definition) is 1. The Kier molecular flexibility index (Phi) is 6.02. The van der Waals surface area contributed by atoms with E-state index in [2.05, 4.69) is 10.1 Å². The summed E-state index contributed by atoms with van der Waals surface area (Å²) in [7, 11) is 1.29. The van der Waals surface area contributed by atoms with Crippen molar-refractivity contribution in [2.24, 2.45) is 0 Å². The van der Waals surface area contributed by atoms with Crippen molar-refractivity contribution in [3.8, 4) is 0 Å². The van der Waals surface area contributed by atoms with Gasteiger partial charge in [0.1, 0.15) is 6.61 Å². The van der Waals surface area contributed by atoms with Gasteiger partial charge >= 0.3 is 5.97 Å². The van der Waals surface area contributed by atoms with Crippen LogP contribution in [0.1, 0.15) is 18.9 Å². The molecule has 1 aromatic carbocycles. The molecule has 1 aromatic rings. The first-order valence-corrected chi connectivity index (χ1v) is 6.12. The van der Waals surface area contributed by atoms with E-state index in [9.17, 15) is 9.59 Å². The van der Waals surface area contributed by atoms with Gasteiger partial charge in [-0.25, -0.2) is 4.79 Å². The highest BCUT2D eigenvalue weighted by atomic mass is 16.6. The van der Waals surface area contributed by atoms with E-state index in [0.29, 0.717) is 12.1 Å². The van der Waals surface area contributed by atoms with Gasteiger partial charge in [-0.1, -0.05) is 19.1 Å². The van der Waals surface area contributed by atoms with Gasteiger partial charge in [-0.3, -0.25) is 4.79 Å². The molecule has 1 atom stereocenters. The van der Waals surface area contributed by atoms with E-state index in [4.69, 9.17) is 4.74 Å². The minimum atomic E-state index is -0.701. The number of hydrogen-bond acceptors (Lipinski definition) is 4. The summed E-state index contributed by atoms with van der Waals surface area (Å²) in [5.74, 6) is -0.765. The van der Waals surface area contributed by atoms with Crippen LogP contribution in [0.3, 0.4) is 0 Å². The third-order valence-electron chi connectivity index (χ3n) is 2.55. The average Bonchev–Trinajstić information content (AvgIpc) is 2.39. The highest BCUT2D eigenvalue weighted by molar-refractivity contribution is 5.92. The van der Waals surface area contributed by atoms with Crippen LogP contribution in [0, 0.1) is 6.92 Å². The van der Waals surface area contributed by atoms with Crippen molar-refractivity contribution in [2.75, 3.05) is 19.0 Å². The molecule has 0 aliphatic rings. The van der Waals surface area contributed by atoms with Gasteiger partial charge < -0.3 is 14.8 Å². The lowest BCUT2D eigenvalue weighted by molar-refractivity contribution is -0.155. The highest BCUT2D eigenvalue weighted by Gasteiger charge is 2.18. The smallest absolute Gasteiger partial charge is 0.334 e. The Labute approximate surface area is 112 Å². The van der Waals surface area contributed by atoms with Crippen LogP contribution in [0.2, 0.25) is 0 Å². The molecule has 0 saturated heterocycles. The largest absolute Gasteiger partial charge is 0.467 e. The molecule has 0 saturated carbocycles. The van der Waals surface area contributed by atoms with Crippen LogP contribution in [0.5, 0.6) is 0 Å². The van der Waals surface area contributed by atoms with Gasteiger partial charge in [0.05, 0.1) is 7.11 Å². The molecule has 5 nitrogen and oxygen atoms in total. The zero-order valence-corrected chi connectivity index (χ0v) is 11.4. The second kappa shape index (κ2) is 7.53. The van der Waals surface area contributed by atoms with Gasteiger partial charge in [-0.15, -0.1) is 0 Å². The van der Waals surface area contributed by atoms with E-state index in [0.717, 1.165) is 5.56 Å². The molecule has 0 heterocycles. The summed E-state index contributed by atoms with van der Waals surface area (Å²) in [5, 5.41) is 2.70. The van der Waals surface area contributed by atoms with Crippen LogP contribution in [0.15, 0.2) is 24.3 Å². The van der Waals surface area contributed by atoms with E-state index < -0.39 is 12.1 Å². The van der Waals surface area contributed by atoms with Crippen LogP contribution >= 0.6 is 0 Å². The molecular weight excluding hydrogens is 246 g/mol. The van der Waals surface area contributed by atoms with Crippen LogP contribution in [0.4, 0.5) is 5.69 Å². The summed E-state index contributed by atoms with van der Waals surface area (Å²) in [6, 6.07) is 7.45. The summed E-state index contributed by atoms with van der Waals surface area (Å²) in [6.45, 7) is 3.55. The lowest BCUT2D eigenvalue weighted by Crippen LogP contribution is -2.29. The molecule has 0 fully saturated rings. The molecule has 0 aliphatic carbocycles. The van der Waals surface area contributed by atoms with Gasteiger partial charge in [-0.05, 0) is 31.0 Å². The number of carbonyl (C=O) groups excluding carboxylic acids is 2. The topological polar surface area (TPSA) is 64.6 Å². The van der Waals surface area contributed by atoms with Crippen molar-refractivity contribution in [3.63, 3.8) is 0 Å². The van der Waals surface area contributed by atoms with Gasteiger partial charge in [-0.2, -0.15) is 0 Å². The lowest BCUT2D eigenvalue weighted by atomic mass is 10.2. The number of nitrogens with one attached hydrogen (secondary N) is 1. The molecule has 1 rings (SSSR count). The Hall–Kier alpha value is -1.88. The quantitative estimate of drug-likeness (QED) is 0.798. The Morgan fingerprint density at radius 2 is 2.11 bits per heavy atom. The Morgan fingerprint density at radius 1 is 1.37 bits per heavy atom. The van der Waals surface area contributed by atoms with Gasteiger partial charge in [0, 0.05) is 5.69 Å². The zero-order chi connectivity index (χ0) is 14.3. The van der Waals surface area contributed by atoms with E-state index in [-0.39, 0.29) is 12.5 Å². The van der Waals surface area contributed by atoms with Crippen molar-refractivity contribution in [1.29, 1.82) is 0 Å². The molecule has 1 N–H and O–H groups in total. The summed E-state index contributed by atoms with van der Waals surface area (Å²) in [6.07, 6.45) is -0.238. The zero-order valence-electron chi connectivity index (χ0n) is 11.4. The second-order valence-electron chi connectivity index (χ2n) is 4.15. The standard InChI is InChI=1S/C14H19NO4/c1-4-12(14(17)18-3)19-9-13(16)15-11-7-5-6-10(2)8-11/h5-8,12H,4,9H2,1-3H3,(H,15,16). The number of carbonyl (C=O) groups is 2. The second-order valence-corrected chi connectivity index (χ2v) is 4.15. The number of methoxy groups -OCH3 is 1. The average molecular weight is 265 g/mol. The summed E-state index contributed by atoms with van der Waals surface area (Å²) >= 11 is 0. The fourth-order valence-electron chi connectivity index (χ4n) is 1.58. The van der Waals surface area contributed by atoms with Crippen LogP contribution in [-0.4, -0.2) is 31.7 Å². The van der Waals surface area contributed by atoms with Gasteiger partial charge in [0.15, 0.2) is 6.10 Å². The molecule has 0 aliphatic heterocycles. The van der Waals surface area contributed by atoms with Gasteiger partial charge in [0.2, 0.25) is 5.91 Å². The monoisotopic (exact) mass is 265 g/mol. The minimum absolute atomic E-state index is 0.179. The molecule has 1 unspecified atom stereocenters. The maximum atomic E-state index is 11.7. The van der Waals surface area contributed by atoms with Crippen molar-refractivity contribution >= 4 is 17.6 Å². The molecule has 19 heavy (non-hydrogen) atoms. The Morgan fingerprint density at radius 3 is 2.68 bits per heavy atom. The maximum absolute atomic E-state index is 11.7. The van der Waals surface area contributed by atoms with Crippen molar-refractivity contribution in [2.45, 2.75) is 26.4 Å². The number of rotatable bonds is 6. The summed E-state index contributed by atoms with van der Waals surface area (Å²) in [4.78, 5) is 22.9. The predicted octanol–water partition coefficient (Wildman–Crippen LogP) is 1.90. The number of amides is 1. The number of anilines is 1. The molecule has 0 spiro atoms. The molecular formula is C14H19NO4. The van der Waals surface area contributed by atoms with Crippen molar-refractivity contribution in [3.05, 3.63) is 29.8 Å². The first-order valence-electron chi connectivity index (χ1n) is 6.12. The highest BCUT2D eigenvalue weighted by Crippen LogP contribution is 2.09. The molecule has 104 valence electrons. The van der Waals surface area contributed by atoms with Crippen molar-refractivity contribution in [1.82, 2.24) is 0 Å². The van der Waals surface area contributed by atoms with Crippen LogP contribution < -0.4 is 5.32 Å². The van der Waals surface area contributed by atoms with E-state index >= 15 is 0 Å². The van der Waals surface area contributed by atoms with Crippen molar-refractivity contribution < 1.29 is 19.1 Å². The number of ether oxygens (including phenoxy) is 2. The van der Waals surface area contributed by atoms with Crippen LogP contribution in [0.25, 0.3) is 0 Å². The third-order valence-corrected chi connectivity index (χ3v) is 2.55. The fraction of sp³-hybridized carbons (Fsp3) is 0.429.